The summed E-state index contributed by atoms with van der Waals surface area (Å²) in [5.74, 6) is -8.86. The van der Waals surface area contributed by atoms with Crippen molar-refractivity contribution in [3.8, 4) is 11.1 Å². The molecular weight excluding hydrogens is 764 g/mol. The number of alkyl halides is 4. The van der Waals surface area contributed by atoms with E-state index >= 15 is 8.78 Å². The second-order valence-corrected chi connectivity index (χ2v) is 15.8. The van der Waals surface area contributed by atoms with Gasteiger partial charge in [0.1, 0.15) is 29.6 Å². The van der Waals surface area contributed by atoms with Crippen molar-refractivity contribution >= 4 is 55.3 Å². The predicted molar refractivity (Wildman–Crippen MR) is 184 cm³/mol. The lowest BCUT2D eigenvalue weighted by molar-refractivity contribution is -0.123. The average Bonchev–Trinajstić information content (AvgIpc) is 3.43. The summed E-state index contributed by atoms with van der Waals surface area (Å²) >= 11 is 6.57. The summed E-state index contributed by atoms with van der Waals surface area (Å²) in [4.78, 5) is 18.6. The monoisotopic (exact) mass is 791 g/mol. The van der Waals surface area contributed by atoms with E-state index in [1.807, 2.05) is 0 Å². The number of nitrogens with zero attached hydrogens (tertiary/aromatic N) is 6. The summed E-state index contributed by atoms with van der Waals surface area (Å²) in [5.41, 5.74) is -0.307. The first kappa shape index (κ1) is 35.8. The van der Waals surface area contributed by atoms with Crippen LogP contribution in [0.1, 0.15) is 53.5 Å². The quantitative estimate of drug-likeness (QED) is 0.134. The molecule has 20 heteroatoms. The molecule has 2 aliphatic rings. The van der Waals surface area contributed by atoms with E-state index in [2.05, 4.69) is 30.4 Å². The first-order valence-corrected chi connectivity index (χ1v) is 18.7. The number of carbonyl (C=O) groups excluding carboxylic acids is 1. The molecule has 8 rings (SSSR count). The normalized spacial score (nSPS) is 19.4. The lowest BCUT2D eigenvalue weighted by Gasteiger charge is -2.23. The fraction of sp³-hybridized carbons (Fsp3) is 0.324. The molecule has 4 heterocycles. The van der Waals surface area contributed by atoms with Crippen LogP contribution in [0.4, 0.5) is 32.2 Å². The van der Waals surface area contributed by atoms with Gasteiger partial charge in [-0.1, -0.05) is 24.6 Å². The number of halogens is 7. The third-order valence-electron chi connectivity index (χ3n) is 9.96. The Labute approximate surface area is 306 Å². The molecule has 1 amide bonds. The molecule has 2 aromatic carbocycles. The number of aryl methyl sites for hydroxylation is 1. The van der Waals surface area contributed by atoms with Gasteiger partial charge < -0.3 is 5.32 Å². The highest BCUT2D eigenvalue weighted by Crippen LogP contribution is 2.71. The highest BCUT2D eigenvalue weighted by atomic mass is 35.5. The van der Waals surface area contributed by atoms with Crippen LogP contribution in [0, 0.1) is 23.5 Å². The van der Waals surface area contributed by atoms with E-state index in [9.17, 15) is 30.8 Å². The Morgan fingerprint density at radius 3 is 2.48 bits per heavy atom. The van der Waals surface area contributed by atoms with Crippen LogP contribution in [0.25, 0.3) is 33.1 Å². The maximum atomic E-state index is 15.6. The highest BCUT2D eigenvalue weighted by molar-refractivity contribution is 7.92. The zero-order valence-electron chi connectivity index (χ0n) is 28.3. The molecular formula is C34H28ClF6N9O3S. The van der Waals surface area contributed by atoms with E-state index in [-0.39, 0.29) is 45.1 Å². The second kappa shape index (κ2) is 12.4. The molecule has 54 heavy (non-hydrogen) atoms. The largest absolute Gasteiger partial charge is 0.346 e. The van der Waals surface area contributed by atoms with Crippen molar-refractivity contribution in [3.63, 3.8) is 0 Å². The summed E-state index contributed by atoms with van der Waals surface area (Å²) in [5, 5.41) is 18.5. The van der Waals surface area contributed by atoms with Gasteiger partial charge in [0.2, 0.25) is 15.9 Å². The van der Waals surface area contributed by atoms with Crippen LogP contribution in [0.3, 0.4) is 0 Å². The van der Waals surface area contributed by atoms with Gasteiger partial charge in [-0.15, -0.1) is 0 Å². The number of benzene rings is 2. The molecule has 0 unspecified atom stereocenters. The number of carbonyl (C=O) groups is 1. The Hall–Kier alpha value is -5.17. The number of pyridine rings is 1. The van der Waals surface area contributed by atoms with E-state index in [1.165, 1.54) is 16.9 Å². The van der Waals surface area contributed by atoms with Crippen LogP contribution in [-0.4, -0.2) is 55.3 Å². The van der Waals surface area contributed by atoms with Crippen molar-refractivity contribution in [2.45, 2.75) is 44.2 Å². The van der Waals surface area contributed by atoms with Gasteiger partial charge in [0.05, 0.1) is 40.1 Å². The van der Waals surface area contributed by atoms with Crippen LogP contribution in [-0.2, 0) is 40.8 Å². The van der Waals surface area contributed by atoms with Crippen LogP contribution >= 0.6 is 11.6 Å². The molecule has 4 aromatic heterocycles. The Morgan fingerprint density at radius 2 is 1.80 bits per heavy atom. The predicted octanol–water partition coefficient (Wildman–Crippen LogP) is 6.50. The van der Waals surface area contributed by atoms with Crippen molar-refractivity contribution in [1.29, 1.82) is 0 Å². The fourth-order valence-electron chi connectivity index (χ4n) is 7.84. The van der Waals surface area contributed by atoms with Crippen molar-refractivity contribution < 1.29 is 39.6 Å². The Bertz CT molecular complexity index is 2620. The molecule has 282 valence electrons. The maximum Gasteiger partial charge on any atom is 0.293 e. The van der Waals surface area contributed by atoms with Gasteiger partial charge >= 0.3 is 0 Å². The van der Waals surface area contributed by atoms with E-state index in [0.717, 1.165) is 18.4 Å². The average molecular weight is 792 g/mol. The van der Waals surface area contributed by atoms with Crippen LogP contribution in [0.2, 0.25) is 5.02 Å². The number of amides is 1. The van der Waals surface area contributed by atoms with Gasteiger partial charge in [-0.2, -0.15) is 24.1 Å². The summed E-state index contributed by atoms with van der Waals surface area (Å²) in [6.45, 7) is 0.664. The highest BCUT2D eigenvalue weighted by Gasteiger charge is 2.71. The first-order chi connectivity index (χ1) is 25.4. The molecule has 6 aromatic rings. The van der Waals surface area contributed by atoms with Gasteiger partial charge in [-0.05, 0) is 42.2 Å². The molecule has 4 atom stereocenters. The number of fused-ring (bicyclic) bond motifs is 5. The zero-order valence-corrected chi connectivity index (χ0v) is 29.9. The van der Waals surface area contributed by atoms with Gasteiger partial charge in [0.25, 0.3) is 12.3 Å². The summed E-state index contributed by atoms with van der Waals surface area (Å²) in [7, 11) is -2.26. The number of sulfonamides is 1. The molecule has 1 fully saturated rings. The molecule has 0 radical (unpaired) electrons. The number of rotatable bonds is 10. The minimum atomic E-state index is -3.81. The summed E-state index contributed by atoms with van der Waals surface area (Å²) in [6, 6.07) is 6.27. The lowest BCUT2D eigenvalue weighted by Crippen LogP contribution is -2.35. The van der Waals surface area contributed by atoms with Crippen LogP contribution < -0.4 is 10.0 Å². The minimum Gasteiger partial charge on any atom is -0.346 e. The maximum absolute atomic E-state index is 15.6. The molecule has 3 N–H and O–H groups in total. The van der Waals surface area contributed by atoms with Crippen LogP contribution in [0.5, 0.6) is 0 Å². The third kappa shape index (κ3) is 5.93. The van der Waals surface area contributed by atoms with Crippen molar-refractivity contribution in [1.82, 2.24) is 40.1 Å². The second-order valence-electron chi connectivity index (χ2n) is 13.6. The molecule has 12 nitrogen and oxygen atoms in total. The number of aromatic nitrogens is 7. The van der Waals surface area contributed by atoms with E-state index in [4.69, 9.17) is 16.6 Å². The molecule has 1 saturated carbocycles. The molecule has 2 aliphatic carbocycles. The number of aromatic amines is 1. The van der Waals surface area contributed by atoms with E-state index in [1.54, 1.807) is 26.1 Å². The SMILES string of the molecule is C[C@@H]1[C@@H]2c3c(C(F)F)nn(CC(=O)N[C@H](Cc4cc(F)cc(F)c4)c4nc5[nH]ncc5cc4-c4ccc(Cl)c5c(NS(C)(=O)=O)nn(C)c45)c3C(F)(F)[C@H]12. The molecule has 0 saturated heterocycles. The Kier molecular flexibility index (Phi) is 8.26. The topological polar surface area (TPSA) is 152 Å². The number of nitrogens with one attached hydrogen (secondary N) is 3. The Balaban J connectivity index is 1.26. The summed E-state index contributed by atoms with van der Waals surface area (Å²) < 4.78 is 117. The number of anilines is 1. The number of H-pyrrole nitrogens is 1. The molecule has 0 bridgehead atoms. The van der Waals surface area contributed by atoms with E-state index in [0.29, 0.717) is 32.8 Å². The van der Waals surface area contributed by atoms with Crippen molar-refractivity contribution in [2.24, 2.45) is 18.9 Å². The van der Waals surface area contributed by atoms with Gasteiger partial charge in [0.15, 0.2) is 11.5 Å². The molecule has 0 spiro atoms. The minimum absolute atomic E-state index is 0.0698. The van der Waals surface area contributed by atoms with Crippen molar-refractivity contribution in [2.75, 3.05) is 11.0 Å². The smallest absolute Gasteiger partial charge is 0.293 e. The van der Waals surface area contributed by atoms with Gasteiger partial charge in [-0.25, -0.2) is 31.0 Å². The standard InChI is InChI=1S/C34H28ClF6N9O3S/c1-13-23-25-28(31(38)39)46-50(30(25)34(40,41)26(13)23)12-22(51)43-21(8-14-6-16(36)10-17(37)7-14)27-19(9-15-11-42-45-32(15)44-27)18-4-5-20(35)24-29(18)49(2)47-33(24)48-54(3,52)53/h4-7,9-11,13,21,23,26,31H,8,12H2,1-3H3,(H,43,51)(H,47,48)(H,42,44,45)/t13-,21-,23-,26-/m1/s1. The lowest BCUT2D eigenvalue weighted by atomic mass is 9.93. The van der Waals surface area contributed by atoms with Gasteiger partial charge in [-0.3, -0.25) is 24.0 Å². The number of hydrogen-bond donors (Lipinski definition) is 3. The number of hydrogen-bond acceptors (Lipinski definition) is 7. The Morgan fingerprint density at radius 1 is 1.07 bits per heavy atom. The third-order valence-corrected chi connectivity index (χ3v) is 10.8. The van der Waals surface area contributed by atoms with Gasteiger partial charge in [0, 0.05) is 47.0 Å². The van der Waals surface area contributed by atoms with Crippen LogP contribution in [0.15, 0.2) is 42.6 Å². The van der Waals surface area contributed by atoms with E-state index < -0.39 is 81.6 Å². The molecule has 0 aliphatic heterocycles. The fourth-order valence-corrected chi connectivity index (χ4v) is 8.58. The summed E-state index contributed by atoms with van der Waals surface area (Å²) in [6.07, 6.45) is -1.03. The first-order valence-electron chi connectivity index (χ1n) is 16.4. The zero-order chi connectivity index (χ0) is 38.6. The van der Waals surface area contributed by atoms with Crippen molar-refractivity contribution in [3.05, 3.63) is 87.5 Å².